The monoisotopic (exact) mass is 548 g/mol. The van der Waals surface area contributed by atoms with Gasteiger partial charge < -0.3 is 21.3 Å². The van der Waals surface area contributed by atoms with Crippen LogP contribution in [0.15, 0.2) is 36.7 Å². The predicted molar refractivity (Wildman–Crippen MR) is 155 cm³/mol. The second kappa shape index (κ2) is 11.1. The molecular weight excluding hydrogens is 512 g/mol. The number of nitrogens with zero attached hydrogens (tertiary/aromatic N) is 7. The summed E-state index contributed by atoms with van der Waals surface area (Å²) in [7, 11) is 0. The van der Waals surface area contributed by atoms with Crippen LogP contribution in [0, 0.1) is 0 Å². The number of nitrogens with two attached hydrogens (primary N) is 1. The van der Waals surface area contributed by atoms with Gasteiger partial charge >= 0.3 is 0 Å². The van der Waals surface area contributed by atoms with Crippen LogP contribution in [0.2, 0.25) is 5.02 Å². The molecule has 0 atom stereocenters. The molecule has 2 aliphatic heterocycles. The van der Waals surface area contributed by atoms with Gasteiger partial charge in [0.1, 0.15) is 0 Å². The Kier molecular flexibility index (Phi) is 7.42. The molecule has 4 aromatic rings. The van der Waals surface area contributed by atoms with E-state index in [9.17, 15) is 0 Å². The number of nitrogens with one attached hydrogen (secondary N) is 2. The Bertz CT molecular complexity index is 1430. The molecule has 2 fully saturated rings. The number of benzene rings is 1. The van der Waals surface area contributed by atoms with Gasteiger partial charge in [0, 0.05) is 48.0 Å². The highest BCUT2D eigenvalue weighted by atomic mass is 35.5. The molecule has 11 heteroatoms. The van der Waals surface area contributed by atoms with Crippen molar-refractivity contribution in [2.24, 2.45) is 5.73 Å². The van der Waals surface area contributed by atoms with Gasteiger partial charge in [0.25, 0.3) is 0 Å². The first-order valence-electron chi connectivity index (χ1n) is 14.0. The average molecular weight is 549 g/mol. The molecule has 206 valence electrons. The average Bonchev–Trinajstić information content (AvgIpc) is 3.61. The van der Waals surface area contributed by atoms with Crippen molar-refractivity contribution in [3.8, 4) is 11.3 Å². The Hall–Kier alpha value is -3.21. The van der Waals surface area contributed by atoms with E-state index in [4.69, 9.17) is 32.4 Å². The smallest absolute Gasteiger partial charge is 0.230 e. The maximum absolute atomic E-state index is 6.77. The highest BCUT2D eigenvalue weighted by Crippen LogP contribution is 2.31. The minimum atomic E-state index is 0.237. The van der Waals surface area contributed by atoms with Crippen molar-refractivity contribution in [1.82, 2.24) is 34.7 Å². The van der Waals surface area contributed by atoms with Gasteiger partial charge in [-0.15, -0.1) is 0 Å². The molecule has 0 aliphatic carbocycles. The van der Waals surface area contributed by atoms with Crippen molar-refractivity contribution in [3.05, 3.63) is 52.8 Å². The van der Waals surface area contributed by atoms with Crippen molar-refractivity contribution in [2.75, 3.05) is 36.4 Å². The van der Waals surface area contributed by atoms with Crippen LogP contribution in [-0.4, -0.2) is 61.6 Å². The molecule has 2 saturated heterocycles. The fourth-order valence-corrected chi connectivity index (χ4v) is 5.79. The molecule has 0 radical (unpaired) electrons. The van der Waals surface area contributed by atoms with E-state index < -0.39 is 0 Å². The Morgan fingerprint density at radius 1 is 1.10 bits per heavy atom. The largest absolute Gasteiger partial charge is 0.350 e. The minimum Gasteiger partial charge on any atom is -0.350 e. The predicted octanol–water partition coefficient (Wildman–Crippen LogP) is 4.23. The highest BCUT2D eigenvalue weighted by Gasteiger charge is 2.23. The third kappa shape index (κ3) is 5.33. The van der Waals surface area contributed by atoms with Crippen LogP contribution in [0.25, 0.3) is 16.9 Å². The van der Waals surface area contributed by atoms with E-state index in [0.29, 0.717) is 29.5 Å². The summed E-state index contributed by atoms with van der Waals surface area (Å²) in [6, 6.07) is 8.74. The first kappa shape index (κ1) is 26.0. The molecule has 0 spiro atoms. The molecule has 4 N–H and O–H groups in total. The summed E-state index contributed by atoms with van der Waals surface area (Å²) in [6.45, 7) is 8.53. The van der Waals surface area contributed by atoms with Gasteiger partial charge in [0.2, 0.25) is 11.9 Å². The third-order valence-electron chi connectivity index (χ3n) is 7.94. The van der Waals surface area contributed by atoms with Crippen LogP contribution < -0.4 is 21.3 Å². The van der Waals surface area contributed by atoms with Crippen molar-refractivity contribution in [1.29, 1.82) is 0 Å². The Morgan fingerprint density at radius 2 is 1.90 bits per heavy atom. The number of anilines is 2. The number of halogens is 1. The standard InChI is InChI=1S/C28H37ClN10/c1-18(2)22-17-33-39-26(22)34-28(37-13-8-19(30)9-14-37)35-27(39)32-16-23-21(4-3-5-24(23)29)25-10-15-38(36-25)20-6-11-31-12-7-20/h3-5,10,15,17-20,31H,6-9,11-14,16,30H2,1-2H3,(H,32,34,35). The number of aromatic nitrogens is 6. The Balaban J connectivity index is 1.31. The maximum Gasteiger partial charge on any atom is 0.230 e. The zero-order valence-corrected chi connectivity index (χ0v) is 23.4. The maximum atomic E-state index is 6.77. The second-order valence-electron chi connectivity index (χ2n) is 10.9. The summed E-state index contributed by atoms with van der Waals surface area (Å²) in [5.74, 6) is 1.64. The molecule has 6 rings (SSSR count). The molecule has 0 saturated carbocycles. The van der Waals surface area contributed by atoms with Gasteiger partial charge in [0.15, 0.2) is 5.65 Å². The van der Waals surface area contributed by atoms with Gasteiger partial charge in [-0.1, -0.05) is 37.6 Å². The second-order valence-corrected chi connectivity index (χ2v) is 11.4. The van der Waals surface area contributed by atoms with Gasteiger partial charge in [0.05, 0.1) is 17.9 Å². The number of rotatable bonds is 7. The van der Waals surface area contributed by atoms with Crippen LogP contribution in [0.1, 0.15) is 62.6 Å². The van der Waals surface area contributed by atoms with Crippen molar-refractivity contribution in [3.63, 3.8) is 0 Å². The lowest BCUT2D eigenvalue weighted by molar-refractivity contribution is 0.343. The van der Waals surface area contributed by atoms with E-state index in [2.05, 4.69) is 57.5 Å². The van der Waals surface area contributed by atoms with Gasteiger partial charge in [-0.2, -0.15) is 24.7 Å². The topological polar surface area (TPSA) is 114 Å². The quantitative estimate of drug-likeness (QED) is 0.314. The molecular formula is C28H37ClN10. The van der Waals surface area contributed by atoms with Crippen LogP contribution >= 0.6 is 11.6 Å². The number of hydrogen-bond donors (Lipinski definition) is 3. The van der Waals surface area contributed by atoms with Crippen LogP contribution in [0.3, 0.4) is 0 Å². The summed E-state index contributed by atoms with van der Waals surface area (Å²) in [4.78, 5) is 12.1. The van der Waals surface area contributed by atoms with Gasteiger partial charge in [-0.05, 0) is 62.4 Å². The lowest BCUT2D eigenvalue weighted by Gasteiger charge is -2.30. The number of fused-ring (bicyclic) bond motifs is 1. The summed E-state index contributed by atoms with van der Waals surface area (Å²) in [6.07, 6.45) is 8.02. The van der Waals surface area contributed by atoms with E-state index in [-0.39, 0.29) is 12.0 Å². The van der Waals surface area contributed by atoms with Crippen molar-refractivity contribution >= 4 is 29.1 Å². The molecule has 0 bridgehead atoms. The fraction of sp³-hybridized carbons (Fsp3) is 0.500. The molecule has 2 aliphatic rings. The zero-order valence-electron chi connectivity index (χ0n) is 22.6. The van der Waals surface area contributed by atoms with Crippen molar-refractivity contribution in [2.45, 2.75) is 64.1 Å². The summed E-state index contributed by atoms with van der Waals surface area (Å²) in [5, 5.41) is 17.3. The normalized spacial score (nSPS) is 17.4. The zero-order chi connectivity index (χ0) is 26.9. The van der Waals surface area contributed by atoms with Gasteiger partial charge in [-0.25, -0.2) is 0 Å². The third-order valence-corrected chi connectivity index (χ3v) is 8.29. The number of hydrogen-bond acceptors (Lipinski definition) is 8. The van der Waals surface area contributed by atoms with E-state index in [0.717, 1.165) is 79.9 Å². The first-order valence-corrected chi connectivity index (χ1v) is 14.4. The highest BCUT2D eigenvalue weighted by molar-refractivity contribution is 6.31. The molecule has 5 heterocycles. The minimum absolute atomic E-state index is 0.237. The molecule has 3 aromatic heterocycles. The van der Waals surface area contributed by atoms with E-state index in [1.807, 2.05) is 18.3 Å². The Morgan fingerprint density at radius 3 is 2.67 bits per heavy atom. The fourth-order valence-electron chi connectivity index (χ4n) is 5.55. The Labute approximate surface area is 233 Å². The molecule has 10 nitrogen and oxygen atoms in total. The summed E-state index contributed by atoms with van der Waals surface area (Å²) < 4.78 is 3.91. The summed E-state index contributed by atoms with van der Waals surface area (Å²) >= 11 is 6.77. The van der Waals surface area contributed by atoms with Crippen molar-refractivity contribution < 1.29 is 0 Å². The van der Waals surface area contributed by atoms with Crippen LogP contribution in [0.4, 0.5) is 11.9 Å². The summed E-state index contributed by atoms with van der Waals surface area (Å²) in [5.41, 5.74) is 11.0. The lowest BCUT2D eigenvalue weighted by atomic mass is 10.0. The molecule has 0 unspecified atom stereocenters. The molecule has 0 amide bonds. The van der Waals surface area contributed by atoms with E-state index in [1.54, 1.807) is 4.52 Å². The molecule has 1 aromatic carbocycles. The van der Waals surface area contributed by atoms with Crippen LogP contribution in [0.5, 0.6) is 0 Å². The SMILES string of the molecule is CC(C)c1cnn2c(NCc3c(Cl)cccc3-c3ccn(C4CCNCC4)n3)nc(N3CCC(N)CC3)nc12. The van der Waals surface area contributed by atoms with E-state index >= 15 is 0 Å². The lowest BCUT2D eigenvalue weighted by Crippen LogP contribution is -2.40. The van der Waals surface area contributed by atoms with E-state index in [1.165, 1.54) is 0 Å². The number of piperidine rings is 2. The van der Waals surface area contributed by atoms with Crippen LogP contribution in [-0.2, 0) is 6.54 Å². The van der Waals surface area contributed by atoms with Gasteiger partial charge in [-0.3, -0.25) is 4.68 Å². The molecule has 39 heavy (non-hydrogen) atoms. The first-order chi connectivity index (χ1) is 19.0.